The molecule has 0 N–H and O–H groups in total. The molecule has 18 rings (SSSR count). The van der Waals surface area contributed by atoms with E-state index in [1.54, 1.807) is 0 Å². The molecule has 0 amide bonds. The molecule has 10 unspecified atom stereocenters. The smallest absolute Gasteiger partial charge is 0.375 e. The van der Waals surface area contributed by atoms with Crippen molar-refractivity contribution in [2.75, 3.05) is 62.1 Å². The van der Waals surface area contributed by atoms with Crippen LogP contribution in [-0.2, 0) is 82.5 Å². The molecule has 0 heterocycles. The summed E-state index contributed by atoms with van der Waals surface area (Å²) in [6.07, 6.45) is 48.9. The number of ether oxygens (including phenoxy) is 3. The molecule has 137 heavy (non-hydrogen) atoms. The van der Waals surface area contributed by atoms with Crippen LogP contribution in [0.3, 0.4) is 0 Å². The minimum atomic E-state index is -0.534. The Kier molecular flexibility index (Phi) is 67.4. The molecule has 0 aromatic heterocycles. The quantitative estimate of drug-likeness (QED) is 0.0160. The predicted octanol–water partition coefficient (Wildman–Crippen LogP) is 31.9. The van der Waals surface area contributed by atoms with Crippen molar-refractivity contribution >= 4 is 59.7 Å². The van der Waals surface area contributed by atoms with Gasteiger partial charge in [0, 0.05) is 39.5 Å². The predicted molar refractivity (Wildman–Crippen MR) is 593 cm³/mol. The number of halogens is 1. The summed E-state index contributed by atoms with van der Waals surface area (Å²) in [5.41, 5.74) is 9.33. The van der Waals surface area contributed by atoms with Gasteiger partial charge in [0.25, 0.3) is 0 Å². The number of alkyl halides is 1. The third-order valence-corrected chi connectivity index (χ3v) is 36.3. The molecule has 10 aromatic rings. The number of hydrogen-bond acceptors (Lipinski definition) is 6. The van der Waals surface area contributed by atoms with Gasteiger partial charge in [0.2, 0.25) is 0 Å². The van der Waals surface area contributed by atoms with Crippen LogP contribution in [-0.4, -0.2) is 110 Å². The van der Waals surface area contributed by atoms with E-state index < -0.39 is 7.92 Å². The Hall–Kier alpha value is -4.37. The van der Waals surface area contributed by atoms with E-state index in [2.05, 4.69) is 415 Å². The molecular formula is C124H172Fe4IN3O3P2. The van der Waals surface area contributed by atoms with E-state index in [-0.39, 0.29) is 130 Å². The first kappa shape index (κ1) is 127. The molecule has 750 valence electrons. The number of methoxy groups -OCH3 is 3. The third-order valence-electron chi connectivity index (χ3n) is 29.0. The van der Waals surface area contributed by atoms with Crippen LogP contribution in [0.15, 0.2) is 303 Å². The van der Waals surface area contributed by atoms with E-state index in [0.717, 1.165) is 35.9 Å². The van der Waals surface area contributed by atoms with Gasteiger partial charge >= 0.3 is 68.3 Å². The minimum absolute atomic E-state index is 0. The number of benzene rings is 10. The van der Waals surface area contributed by atoms with Crippen LogP contribution in [0, 0.1) is 79.1 Å². The van der Waals surface area contributed by atoms with Gasteiger partial charge in [-0.3, -0.25) is 0 Å². The van der Waals surface area contributed by atoms with E-state index in [9.17, 15) is 0 Å². The van der Waals surface area contributed by atoms with Crippen LogP contribution >= 0.6 is 38.4 Å². The molecule has 8 aliphatic carbocycles. The van der Waals surface area contributed by atoms with Gasteiger partial charge in [0.05, 0.1) is 18.3 Å². The summed E-state index contributed by atoms with van der Waals surface area (Å²) in [6, 6.07) is 111. The molecule has 10 aromatic carbocycles. The summed E-state index contributed by atoms with van der Waals surface area (Å²) in [7, 11) is 11.3. The second kappa shape index (κ2) is 72.8. The molecular weight excluding hydrogens is 1990 g/mol. The van der Waals surface area contributed by atoms with Crippen LogP contribution in [0.25, 0.3) is 0 Å². The maximum Gasteiger partial charge on any atom is 2.00 e. The maximum absolute atomic E-state index is 6.06. The zero-order chi connectivity index (χ0) is 90.4. The largest absolute Gasteiger partial charge is 2.00 e. The van der Waals surface area contributed by atoms with Gasteiger partial charge < -0.3 is 84.3 Å². The second-order valence-corrected chi connectivity index (χ2v) is 44.0. The van der Waals surface area contributed by atoms with E-state index in [1.165, 1.54) is 222 Å². The molecule has 16 atom stereocenters. The van der Waals surface area contributed by atoms with Crippen LogP contribution in [0.5, 0.6) is 0 Å². The van der Waals surface area contributed by atoms with Crippen molar-refractivity contribution in [1.29, 1.82) is 0 Å². The second-order valence-electron chi connectivity index (χ2n) is 37.7. The number of likely N-dealkylation sites (N-methyl/N-ethyl adjacent to an activating group) is 3. The minimum Gasteiger partial charge on any atom is -0.375 e. The van der Waals surface area contributed by atoms with Crippen LogP contribution in [0.2, 0.25) is 0 Å². The average molecular weight is 2160 g/mol. The standard InChI is InChI=1S/C35H39NOP.C25H26P.C23H30NO.C17H25INO.4C5H10.4CH3.4Fe/c1-27(35(37-3)29-18-10-5-11-19-29)36(2)26-33-32(28-16-8-4-9-17-28)24-25-34(33)38(30-20-12-6-13-21-30)31-22-14-7-15-23-31;1-2-23-24(20-12-6-3-7-13-20)18-19-25(23)26(21-14-8-4-9-15-21)22-16-10-5-11-17-22;1-18(23(25-3)20-13-8-5-9-14-20)24(2)17-21-15-10-16-22(21)19-11-6-4-7-12-19;1-13(17(20-3)14-8-5-4-6-9-14)19(2)12-15-10-7-11-16(15)18;4*1-2-4-5-3-1;;;;;;;;/h4-23,25,27,32-35H,24,26H2,1-3H3;3-17,19,23-25H,2,18H2,1H3;4-14,18,21-23H,15-17H2,1-3H3;4-9,13,15-17H,10-12H2,1-3H3;4*1-5H2;4*1H3;;;;/q4*-1;;;;;4*-1;4*+2/t27-,32?,33?,34?,35-;;18-,21?,22?,23-;13-,15?,16?,17-;;;;;;;;;;;;/m0.00............/s1. The molecule has 0 spiro atoms. The van der Waals surface area contributed by atoms with Crippen LogP contribution < -0.4 is 21.2 Å². The van der Waals surface area contributed by atoms with E-state index in [4.69, 9.17) is 14.2 Å². The van der Waals surface area contributed by atoms with Crippen molar-refractivity contribution in [1.82, 2.24) is 14.7 Å². The first-order valence-electron chi connectivity index (χ1n) is 50.1. The molecule has 8 fully saturated rings. The van der Waals surface area contributed by atoms with Gasteiger partial charge in [-0.25, -0.2) is 0 Å². The van der Waals surface area contributed by atoms with Crippen molar-refractivity contribution in [3.05, 3.63) is 392 Å². The van der Waals surface area contributed by atoms with Crippen molar-refractivity contribution in [3.63, 3.8) is 0 Å². The van der Waals surface area contributed by atoms with Gasteiger partial charge in [-0.1, -0.05) is 495 Å². The summed E-state index contributed by atoms with van der Waals surface area (Å²) in [5.74, 6) is 4.50. The molecule has 0 saturated heterocycles. The Morgan fingerprint density at radius 2 is 0.518 bits per heavy atom. The van der Waals surface area contributed by atoms with E-state index >= 15 is 0 Å². The Morgan fingerprint density at radius 3 is 0.781 bits per heavy atom. The molecule has 6 nitrogen and oxygen atoms in total. The SMILES string of the molecule is C1CCCC1.C1CCCC1.C1CCCC1.C1CCCC1.CCC1C(c2ccccc2)C[CH-]C1P(c1ccccc1)c1ccccc1.CO[C@H](c1ccccc1)[C@H](C)N(C)CC1C(c2ccccc2)C[CH-]C1P(c1ccccc1)c1ccccc1.CO[C@H](c1ccccc1)[C@H](C)N(C)CC1C[CH-]CC1I.CO[C@H](c1ccccc1)[C@H](C)N(C)CC1C[CH-]CC1c1ccccc1.[CH3-].[CH3-].[CH3-].[CH3-].[Fe+2].[Fe+2].[Fe+2].[Fe+2]. The fraction of sp³-hybridized carbons (Fsp3) is 0.452. The Balaban J connectivity index is 0.000000437. The third kappa shape index (κ3) is 40.5. The fourth-order valence-corrected chi connectivity index (χ4v) is 28.3. The van der Waals surface area contributed by atoms with Gasteiger partial charge in [-0.2, -0.15) is 38.5 Å². The summed E-state index contributed by atoms with van der Waals surface area (Å²) in [6.45, 7) is 12.5. The van der Waals surface area contributed by atoms with E-state index in [0.29, 0.717) is 58.9 Å². The Bertz CT molecular complexity index is 4340. The Morgan fingerprint density at radius 1 is 0.292 bits per heavy atom. The monoisotopic (exact) mass is 2160 g/mol. The average Bonchev–Trinajstić information content (AvgIpc) is 1.65. The fourth-order valence-electron chi connectivity index (χ4n) is 21.3. The molecule has 13 heteroatoms. The van der Waals surface area contributed by atoms with E-state index in [1.807, 2.05) is 21.3 Å². The number of hydrogen-bond donors (Lipinski definition) is 0. The van der Waals surface area contributed by atoms with Crippen molar-refractivity contribution < 1.29 is 82.5 Å². The van der Waals surface area contributed by atoms with Crippen LogP contribution in [0.4, 0.5) is 0 Å². The van der Waals surface area contributed by atoms with Crippen molar-refractivity contribution in [2.45, 2.75) is 270 Å². The van der Waals surface area contributed by atoms with Gasteiger partial charge in [-0.15, -0.1) is 11.3 Å². The normalized spacial score (nSPS) is 21.6. The summed E-state index contributed by atoms with van der Waals surface area (Å²) < 4.78 is 18.5. The van der Waals surface area contributed by atoms with Crippen molar-refractivity contribution in [3.8, 4) is 0 Å². The van der Waals surface area contributed by atoms with Gasteiger partial charge in [0.15, 0.2) is 0 Å². The molecule has 8 saturated carbocycles. The zero-order valence-electron chi connectivity index (χ0n) is 85.9. The number of rotatable bonds is 28. The maximum atomic E-state index is 6.06. The van der Waals surface area contributed by atoms with Gasteiger partial charge in [-0.05, 0) is 150 Å². The molecule has 0 radical (unpaired) electrons. The molecule has 0 aliphatic heterocycles. The van der Waals surface area contributed by atoms with Crippen LogP contribution in [0.1, 0.15) is 271 Å². The van der Waals surface area contributed by atoms with Crippen molar-refractivity contribution in [2.24, 2.45) is 23.7 Å². The topological polar surface area (TPSA) is 37.4 Å². The summed E-state index contributed by atoms with van der Waals surface area (Å²) >= 11 is 2.60. The Labute approximate surface area is 897 Å². The van der Waals surface area contributed by atoms with Gasteiger partial charge in [0.1, 0.15) is 0 Å². The summed E-state index contributed by atoms with van der Waals surface area (Å²) in [4.78, 5) is 7.47. The first-order valence-corrected chi connectivity index (χ1v) is 54.2. The number of nitrogens with zero attached hydrogens (tertiary/aromatic N) is 3. The molecule has 8 aliphatic rings. The zero-order valence-corrected chi connectivity index (χ0v) is 94.2. The first-order chi connectivity index (χ1) is 63.4. The summed E-state index contributed by atoms with van der Waals surface area (Å²) in [5, 5.41) is 5.93. The molecule has 0 bridgehead atoms.